The molecule has 3 rings (SSSR count). The summed E-state index contributed by atoms with van der Waals surface area (Å²) >= 11 is 2.67. The molecule has 2 aromatic heterocycles. The first kappa shape index (κ1) is 34.2. The van der Waals surface area contributed by atoms with Crippen molar-refractivity contribution in [1.82, 2.24) is 15.2 Å². The Hall–Kier alpha value is -3.04. The topological polar surface area (TPSA) is 99.4 Å². The smallest absolute Gasteiger partial charge is 0.416 e. The second-order valence-electron chi connectivity index (χ2n) is 9.58. The minimum absolute atomic E-state index is 0.0417. The average molecular weight is 655 g/mol. The van der Waals surface area contributed by atoms with Crippen LogP contribution in [0.25, 0.3) is 11.6 Å². The molecule has 0 aromatic carbocycles. The van der Waals surface area contributed by atoms with Gasteiger partial charge in [-0.1, -0.05) is 24.3 Å². The molecule has 1 unspecified atom stereocenters. The highest BCUT2D eigenvalue weighted by Gasteiger charge is 2.60. The lowest BCUT2D eigenvalue weighted by Crippen LogP contribution is -2.45. The Labute approximate surface area is 241 Å². The van der Waals surface area contributed by atoms with Crippen LogP contribution in [-0.2, 0) is 26.0 Å². The van der Waals surface area contributed by atoms with Crippen molar-refractivity contribution in [3.05, 3.63) is 58.6 Å². The molecule has 1 atom stereocenters. The van der Waals surface area contributed by atoms with Crippen LogP contribution in [0.1, 0.15) is 51.5 Å². The Kier molecular flexibility index (Phi) is 11.5. The zero-order valence-electron chi connectivity index (χ0n) is 22.6. The standard InChI is InChI=1S/C21H17BrF6N4O3.C5H12O/c1-2-8-19(21(26,27)28,34-10-12-6-4-3-5-7-12)18-32-31-17(35-18)15-14(29-11-33)9-13(16(22)30-15)20(23,24)25;1-5(2,3)6-4/h2,4,6-7,9,11H,1,3,5,8,10H2,(H,29,33);1-4H3. The summed E-state index contributed by atoms with van der Waals surface area (Å²) in [6.07, 6.45) is -3.08. The highest BCUT2D eigenvalue weighted by molar-refractivity contribution is 9.10. The number of ether oxygens (including phenoxy) is 2. The maximum atomic E-state index is 14.3. The Balaban J connectivity index is 0.000000883. The molecule has 1 aliphatic rings. The molecule has 0 radical (unpaired) electrons. The normalized spacial score (nSPS) is 15.3. The van der Waals surface area contributed by atoms with Crippen LogP contribution in [0.15, 0.2) is 51.5 Å². The SMILES string of the molecule is C=CCC(OCC1=CCCC=C1)(c1nnc(-c2nc(Br)c(C(F)(F)F)cc2NC=O)o1)C(F)(F)F.COC(C)(C)C. The van der Waals surface area contributed by atoms with Gasteiger partial charge in [-0.2, -0.15) is 26.3 Å². The van der Waals surface area contributed by atoms with Crippen LogP contribution in [0, 0.1) is 0 Å². The molecular formula is C26H29BrF6N4O4. The monoisotopic (exact) mass is 654 g/mol. The number of allylic oxidation sites excluding steroid dienone is 2. The number of hydrogen-bond acceptors (Lipinski definition) is 7. The molecule has 0 fully saturated rings. The minimum Gasteiger partial charge on any atom is -0.416 e. The van der Waals surface area contributed by atoms with E-state index in [-0.39, 0.29) is 12.0 Å². The van der Waals surface area contributed by atoms with Crippen molar-refractivity contribution >= 4 is 28.0 Å². The summed E-state index contributed by atoms with van der Waals surface area (Å²) in [7, 11) is 1.71. The van der Waals surface area contributed by atoms with E-state index in [2.05, 4.69) is 37.7 Å². The second-order valence-corrected chi connectivity index (χ2v) is 10.3. The van der Waals surface area contributed by atoms with Gasteiger partial charge < -0.3 is 19.2 Å². The van der Waals surface area contributed by atoms with Crippen molar-refractivity contribution in [2.75, 3.05) is 19.0 Å². The van der Waals surface area contributed by atoms with E-state index in [1.807, 2.05) is 26.1 Å². The zero-order chi connectivity index (χ0) is 31.1. The molecule has 1 aliphatic carbocycles. The number of halogens is 7. The van der Waals surface area contributed by atoms with Gasteiger partial charge in [0, 0.05) is 13.5 Å². The van der Waals surface area contributed by atoms with E-state index in [1.165, 1.54) is 0 Å². The van der Waals surface area contributed by atoms with E-state index in [9.17, 15) is 31.1 Å². The van der Waals surface area contributed by atoms with Gasteiger partial charge in [0.25, 0.3) is 11.8 Å². The van der Waals surface area contributed by atoms with E-state index >= 15 is 0 Å². The van der Waals surface area contributed by atoms with Crippen molar-refractivity contribution < 1.29 is 45.0 Å². The number of pyridine rings is 1. The molecule has 1 N–H and O–H groups in total. The van der Waals surface area contributed by atoms with Crippen LogP contribution in [0.4, 0.5) is 32.0 Å². The van der Waals surface area contributed by atoms with Gasteiger partial charge in [0.2, 0.25) is 12.0 Å². The lowest BCUT2D eigenvalue weighted by atomic mass is 9.98. The van der Waals surface area contributed by atoms with Gasteiger partial charge in [-0.15, -0.1) is 16.8 Å². The molecule has 15 heteroatoms. The number of nitrogens with zero attached hydrogens (tertiary/aromatic N) is 3. The highest BCUT2D eigenvalue weighted by Crippen LogP contribution is 2.46. The summed E-state index contributed by atoms with van der Waals surface area (Å²) in [5.41, 5.74) is -4.76. The Morgan fingerprint density at radius 3 is 2.29 bits per heavy atom. The van der Waals surface area contributed by atoms with Crippen LogP contribution in [-0.4, -0.2) is 47.1 Å². The average Bonchev–Trinajstić information content (AvgIpc) is 3.37. The Morgan fingerprint density at radius 1 is 1.15 bits per heavy atom. The maximum Gasteiger partial charge on any atom is 0.426 e. The Bertz CT molecular complexity index is 1270. The van der Waals surface area contributed by atoms with Gasteiger partial charge in [0.15, 0.2) is 5.69 Å². The van der Waals surface area contributed by atoms with Crippen molar-refractivity contribution in [2.24, 2.45) is 0 Å². The number of carbonyl (C=O) groups excluding carboxylic acids is 1. The number of hydrogen-bond donors (Lipinski definition) is 1. The van der Waals surface area contributed by atoms with Crippen LogP contribution < -0.4 is 5.32 Å². The number of alkyl halides is 6. The number of carbonyl (C=O) groups is 1. The van der Waals surface area contributed by atoms with Crippen molar-refractivity contribution in [3.8, 4) is 11.6 Å². The number of nitrogens with one attached hydrogen (secondary N) is 1. The van der Waals surface area contributed by atoms with Gasteiger partial charge in [0.1, 0.15) is 4.60 Å². The molecule has 2 aromatic rings. The molecule has 0 bridgehead atoms. The molecule has 8 nitrogen and oxygen atoms in total. The molecule has 2 heterocycles. The highest BCUT2D eigenvalue weighted by atomic mass is 79.9. The molecule has 0 saturated carbocycles. The van der Waals surface area contributed by atoms with Gasteiger partial charge >= 0.3 is 12.4 Å². The number of methoxy groups -OCH3 is 1. The fourth-order valence-electron chi connectivity index (χ4n) is 3.22. The summed E-state index contributed by atoms with van der Waals surface area (Å²) < 4.78 is 97.4. The quantitative estimate of drug-likeness (QED) is 0.129. The lowest BCUT2D eigenvalue weighted by Gasteiger charge is -2.32. The first-order valence-electron chi connectivity index (χ1n) is 12.0. The first-order valence-corrected chi connectivity index (χ1v) is 12.8. The van der Waals surface area contributed by atoms with E-state index in [0.29, 0.717) is 18.1 Å². The number of aromatic nitrogens is 3. The largest absolute Gasteiger partial charge is 0.426 e. The molecule has 0 spiro atoms. The predicted octanol–water partition coefficient (Wildman–Crippen LogP) is 7.54. The van der Waals surface area contributed by atoms with E-state index < -0.39 is 64.3 Å². The zero-order valence-corrected chi connectivity index (χ0v) is 24.2. The van der Waals surface area contributed by atoms with Crippen LogP contribution in [0.3, 0.4) is 0 Å². The molecule has 0 aliphatic heterocycles. The second kappa shape index (κ2) is 13.7. The third kappa shape index (κ3) is 8.97. The first-order chi connectivity index (χ1) is 19.0. The van der Waals surface area contributed by atoms with Crippen LogP contribution >= 0.6 is 15.9 Å². The van der Waals surface area contributed by atoms with Crippen molar-refractivity contribution in [3.63, 3.8) is 0 Å². The third-order valence-corrected chi connectivity index (χ3v) is 6.13. The van der Waals surface area contributed by atoms with Crippen LogP contribution in [0.5, 0.6) is 0 Å². The predicted molar refractivity (Wildman–Crippen MR) is 142 cm³/mol. The van der Waals surface area contributed by atoms with Gasteiger partial charge in [-0.05, 0) is 61.2 Å². The summed E-state index contributed by atoms with van der Waals surface area (Å²) in [4.78, 5) is 14.6. The number of rotatable bonds is 9. The summed E-state index contributed by atoms with van der Waals surface area (Å²) in [5, 5.41) is 9.02. The van der Waals surface area contributed by atoms with E-state index in [0.717, 1.165) is 12.5 Å². The fraction of sp³-hybridized carbons (Fsp3) is 0.462. The molecule has 0 saturated heterocycles. The number of anilines is 1. The minimum atomic E-state index is -5.04. The van der Waals surface area contributed by atoms with Gasteiger partial charge in [0.05, 0.1) is 23.5 Å². The third-order valence-electron chi connectivity index (χ3n) is 5.53. The van der Waals surface area contributed by atoms with Crippen molar-refractivity contribution in [2.45, 2.75) is 63.6 Å². The van der Waals surface area contributed by atoms with Crippen LogP contribution in [0.2, 0.25) is 0 Å². The molecule has 226 valence electrons. The van der Waals surface area contributed by atoms with E-state index in [1.54, 1.807) is 25.3 Å². The van der Waals surface area contributed by atoms with Gasteiger partial charge in [-0.25, -0.2) is 4.98 Å². The summed E-state index contributed by atoms with van der Waals surface area (Å²) in [5.74, 6) is -1.67. The number of amides is 1. The van der Waals surface area contributed by atoms with E-state index in [4.69, 9.17) is 13.9 Å². The lowest BCUT2D eigenvalue weighted by molar-refractivity contribution is -0.289. The summed E-state index contributed by atoms with van der Waals surface area (Å²) in [6, 6.07) is 0.532. The molecule has 1 amide bonds. The molecule has 41 heavy (non-hydrogen) atoms. The summed E-state index contributed by atoms with van der Waals surface area (Å²) in [6.45, 7) is 8.99. The van der Waals surface area contributed by atoms with Crippen molar-refractivity contribution in [1.29, 1.82) is 0 Å². The molecular weight excluding hydrogens is 626 g/mol. The fourth-order valence-corrected chi connectivity index (χ4v) is 3.74. The maximum absolute atomic E-state index is 14.3. The van der Waals surface area contributed by atoms with Gasteiger partial charge in [-0.3, -0.25) is 4.79 Å². The Morgan fingerprint density at radius 2 is 1.80 bits per heavy atom.